The number of benzene rings is 1. The van der Waals surface area contributed by atoms with Gasteiger partial charge in [-0.3, -0.25) is 4.79 Å². The first-order valence-electron chi connectivity index (χ1n) is 9.56. The molecule has 2 atom stereocenters. The molecule has 1 aromatic carbocycles. The lowest BCUT2D eigenvalue weighted by Crippen LogP contribution is -2.48. The van der Waals surface area contributed by atoms with Gasteiger partial charge in [-0.2, -0.15) is 0 Å². The number of fused-ring (bicyclic) bond motifs is 3. The van der Waals surface area contributed by atoms with E-state index in [0.717, 1.165) is 42.2 Å². The zero-order valence-electron chi connectivity index (χ0n) is 16.3. The monoisotopic (exact) mass is 387 g/mol. The van der Waals surface area contributed by atoms with Gasteiger partial charge in [-0.1, -0.05) is 13.8 Å². The van der Waals surface area contributed by atoms with Gasteiger partial charge in [0.2, 0.25) is 0 Å². The highest BCUT2D eigenvalue weighted by atomic mass is 16.5. The summed E-state index contributed by atoms with van der Waals surface area (Å²) < 4.78 is 11.1. The lowest BCUT2D eigenvalue weighted by Gasteiger charge is -2.21. The summed E-state index contributed by atoms with van der Waals surface area (Å²) in [6.45, 7) is 4.98. The molecule has 0 saturated carbocycles. The fraction of sp³-hybridized carbons (Fsp3) is 0.476. The van der Waals surface area contributed by atoms with Crippen molar-refractivity contribution in [2.24, 2.45) is 5.92 Å². The first-order valence-corrected chi connectivity index (χ1v) is 9.56. The molecule has 2 unspecified atom stereocenters. The van der Waals surface area contributed by atoms with Crippen molar-refractivity contribution in [3.05, 3.63) is 39.7 Å². The molecule has 0 aliphatic heterocycles. The van der Waals surface area contributed by atoms with Gasteiger partial charge in [-0.25, -0.2) is 9.59 Å². The Kier molecular flexibility index (Phi) is 5.72. The predicted molar refractivity (Wildman–Crippen MR) is 104 cm³/mol. The number of amides is 1. The van der Waals surface area contributed by atoms with Crippen LogP contribution in [0.2, 0.25) is 0 Å². The van der Waals surface area contributed by atoms with Gasteiger partial charge in [0.25, 0.3) is 5.91 Å². The van der Waals surface area contributed by atoms with Crippen LogP contribution in [-0.2, 0) is 22.4 Å². The Hall–Kier alpha value is -2.83. The fourth-order valence-corrected chi connectivity index (χ4v) is 3.54. The normalized spacial score (nSPS) is 15.7. The maximum Gasteiger partial charge on any atom is 0.339 e. The summed E-state index contributed by atoms with van der Waals surface area (Å²) in [6, 6.07) is 4.20. The molecule has 0 bridgehead atoms. The lowest BCUT2D eigenvalue weighted by atomic mass is 9.91. The predicted octanol–water partition coefficient (Wildman–Crippen LogP) is 2.66. The van der Waals surface area contributed by atoms with E-state index in [9.17, 15) is 19.5 Å². The summed E-state index contributed by atoms with van der Waals surface area (Å²) in [7, 11) is 0. The standard InChI is InChI=1S/C21H25NO6/c1-11(2)18(20(24)25)22-19(23)12(3)27-13-8-9-15-14-6-4-5-7-16(14)21(26)28-17(15)10-13/h8-12,18H,4-7H2,1-3H3,(H,22,23)(H,24,25). The van der Waals surface area contributed by atoms with Crippen LogP contribution in [0.5, 0.6) is 5.75 Å². The van der Waals surface area contributed by atoms with Crippen LogP contribution < -0.4 is 15.7 Å². The maximum absolute atomic E-state index is 12.3. The van der Waals surface area contributed by atoms with Crippen LogP contribution in [-0.4, -0.2) is 29.1 Å². The van der Waals surface area contributed by atoms with Gasteiger partial charge in [0.15, 0.2) is 6.10 Å². The minimum absolute atomic E-state index is 0.255. The molecule has 7 nitrogen and oxygen atoms in total. The van der Waals surface area contributed by atoms with Crippen molar-refractivity contribution in [1.82, 2.24) is 5.32 Å². The molecule has 1 aliphatic carbocycles. The third kappa shape index (κ3) is 4.03. The summed E-state index contributed by atoms with van der Waals surface area (Å²) in [5, 5.41) is 12.6. The number of rotatable bonds is 6. The van der Waals surface area contributed by atoms with Crippen molar-refractivity contribution in [1.29, 1.82) is 0 Å². The Bertz CT molecular complexity index is 961. The van der Waals surface area contributed by atoms with Crippen molar-refractivity contribution in [2.75, 3.05) is 0 Å². The average molecular weight is 387 g/mol. The Morgan fingerprint density at radius 1 is 1.14 bits per heavy atom. The number of carbonyl (C=O) groups is 2. The lowest BCUT2D eigenvalue weighted by molar-refractivity contribution is -0.144. The van der Waals surface area contributed by atoms with Crippen LogP contribution in [0.4, 0.5) is 0 Å². The number of aliphatic carboxylic acids is 1. The highest BCUT2D eigenvalue weighted by molar-refractivity contribution is 5.87. The molecule has 7 heteroatoms. The minimum atomic E-state index is -1.09. The second-order valence-corrected chi connectivity index (χ2v) is 7.54. The minimum Gasteiger partial charge on any atom is -0.481 e. The van der Waals surface area contributed by atoms with Crippen molar-refractivity contribution >= 4 is 22.8 Å². The molecule has 1 aromatic heterocycles. The van der Waals surface area contributed by atoms with Gasteiger partial charge < -0.3 is 19.6 Å². The summed E-state index contributed by atoms with van der Waals surface area (Å²) >= 11 is 0. The van der Waals surface area contributed by atoms with Gasteiger partial charge in [-0.05, 0) is 56.2 Å². The number of carboxylic acids is 1. The number of nitrogens with one attached hydrogen (secondary N) is 1. The number of hydrogen-bond acceptors (Lipinski definition) is 5. The Morgan fingerprint density at radius 2 is 1.82 bits per heavy atom. The van der Waals surface area contributed by atoms with E-state index in [4.69, 9.17) is 9.15 Å². The molecule has 0 fully saturated rings. The highest BCUT2D eigenvalue weighted by Gasteiger charge is 2.26. The molecule has 2 N–H and O–H groups in total. The van der Waals surface area contributed by atoms with Crippen molar-refractivity contribution in [3.63, 3.8) is 0 Å². The van der Waals surface area contributed by atoms with Gasteiger partial charge in [0.1, 0.15) is 17.4 Å². The molecule has 1 heterocycles. The zero-order chi connectivity index (χ0) is 20.4. The largest absolute Gasteiger partial charge is 0.481 e. The van der Waals surface area contributed by atoms with E-state index < -0.39 is 24.0 Å². The summed E-state index contributed by atoms with van der Waals surface area (Å²) in [5.41, 5.74) is 1.91. The van der Waals surface area contributed by atoms with Crippen LogP contribution in [0.3, 0.4) is 0 Å². The number of carbonyl (C=O) groups excluding carboxylic acids is 1. The van der Waals surface area contributed by atoms with Gasteiger partial charge in [0, 0.05) is 17.0 Å². The third-order valence-electron chi connectivity index (χ3n) is 5.11. The molecule has 0 radical (unpaired) electrons. The third-order valence-corrected chi connectivity index (χ3v) is 5.11. The van der Waals surface area contributed by atoms with Crippen molar-refractivity contribution in [3.8, 4) is 5.75 Å². The number of aryl methyl sites for hydroxylation is 1. The van der Waals surface area contributed by atoms with E-state index in [1.165, 1.54) is 0 Å². The average Bonchev–Trinajstić information content (AvgIpc) is 2.65. The Balaban J connectivity index is 1.80. The molecule has 1 aliphatic rings. The molecule has 150 valence electrons. The molecule has 0 saturated heterocycles. The summed E-state index contributed by atoms with van der Waals surface area (Å²) in [5.74, 6) is -1.49. The van der Waals surface area contributed by atoms with Crippen LogP contribution in [0.25, 0.3) is 11.0 Å². The first-order chi connectivity index (χ1) is 13.3. The zero-order valence-corrected chi connectivity index (χ0v) is 16.3. The Labute approximate surface area is 162 Å². The van der Waals surface area contributed by atoms with Crippen molar-refractivity contribution < 1.29 is 23.8 Å². The maximum atomic E-state index is 12.3. The Morgan fingerprint density at radius 3 is 2.46 bits per heavy atom. The number of carboxylic acid groups (broad SMARTS) is 1. The smallest absolute Gasteiger partial charge is 0.339 e. The summed E-state index contributed by atoms with van der Waals surface area (Å²) in [4.78, 5) is 35.8. The van der Waals surface area contributed by atoms with Crippen LogP contribution in [0.1, 0.15) is 44.7 Å². The number of hydrogen-bond donors (Lipinski definition) is 2. The molecule has 1 amide bonds. The molecular formula is C21H25NO6. The first kappa shape index (κ1) is 19.9. The molecular weight excluding hydrogens is 362 g/mol. The van der Waals surface area contributed by atoms with E-state index in [2.05, 4.69) is 5.32 Å². The van der Waals surface area contributed by atoms with Crippen LogP contribution in [0.15, 0.2) is 27.4 Å². The second kappa shape index (κ2) is 8.04. The van der Waals surface area contributed by atoms with E-state index in [-0.39, 0.29) is 11.5 Å². The molecule has 3 rings (SSSR count). The van der Waals surface area contributed by atoms with Crippen LogP contribution in [0, 0.1) is 5.92 Å². The molecule has 2 aromatic rings. The SMILES string of the molecule is CC(Oc1ccc2c3c(c(=O)oc2c1)CCCC3)C(=O)NC(C(=O)O)C(C)C. The molecule has 0 spiro atoms. The quantitative estimate of drug-likeness (QED) is 0.738. The topological polar surface area (TPSA) is 106 Å². The van der Waals surface area contributed by atoms with E-state index in [1.807, 2.05) is 6.07 Å². The van der Waals surface area contributed by atoms with Gasteiger partial charge >= 0.3 is 11.6 Å². The fourth-order valence-electron chi connectivity index (χ4n) is 3.54. The second-order valence-electron chi connectivity index (χ2n) is 7.54. The van der Waals surface area contributed by atoms with Crippen molar-refractivity contribution in [2.45, 2.75) is 58.6 Å². The van der Waals surface area contributed by atoms with Gasteiger partial charge in [0.05, 0.1) is 0 Å². The van der Waals surface area contributed by atoms with E-state index >= 15 is 0 Å². The van der Waals surface area contributed by atoms with E-state index in [0.29, 0.717) is 11.3 Å². The summed E-state index contributed by atoms with van der Waals surface area (Å²) in [6.07, 6.45) is 2.72. The highest BCUT2D eigenvalue weighted by Crippen LogP contribution is 2.29. The number of ether oxygens (including phenoxy) is 1. The van der Waals surface area contributed by atoms with E-state index in [1.54, 1.807) is 32.9 Å². The molecule has 28 heavy (non-hydrogen) atoms. The van der Waals surface area contributed by atoms with Crippen LogP contribution >= 0.6 is 0 Å². The van der Waals surface area contributed by atoms with Gasteiger partial charge in [-0.15, -0.1) is 0 Å².